The molecule has 2 aromatic heterocycles. The van der Waals surface area contributed by atoms with Gasteiger partial charge in [-0.25, -0.2) is 4.98 Å². The molecule has 1 saturated carbocycles. The van der Waals surface area contributed by atoms with Crippen molar-refractivity contribution < 1.29 is 0 Å². The number of hydrogen-bond donors (Lipinski definition) is 1. The first-order valence-electron chi connectivity index (χ1n) is 8.91. The molecule has 6 heteroatoms. The molecule has 24 heavy (non-hydrogen) atoms. The number of aromatic nitrogens is 3. The van der Waals surface area contributed by atoms with Crippen LogP contribution in [0.2, 0.25) is 0 Å². The SMILES string of the molecule is CN(C)CCCNc1ncc2c(=O)ccn(C3CCCCC3)c2n1. The van der Waals surface area contributed by atoms with Gasteiger partial charge in [0.25, 0.3) is 0 Å². The second kappa shape index (κ2) is 7.75. The van der Waals surface area contributed by atoms with Crippen LogP contribution in [-0.2, 0) is 0 Å². The Balaban J connectivity index is 1.84. The summed E-state index contributed by atoms with van der Waals surface area (Å²) < 4.78 is 2.18. The second-order valence-corrected chi connectivity index (χ2v) is 6.89. The first-order chi connectivity index (χ1) is 11.6. The molecule has 0 bridgehead atoms. The Labute approximate surface area is 142 Å². The molecule has 130 valence electrons. The van der Waals surface area contributed by atoms with Crippen LogP contribution in [0.4, 0.5) is 5.95 Å². The average Bonchev–Trinajstić information content (AvgIpc) is 2.60. The molecule has 0 radical (unpaired) electrons. The van der Waals surface area contributed by atoms with Crippen molar-refractivity contribution in [2.45, 2.75) is 44.6 Å². The summed E-state index contributed by atoms with van der Waals surface area (Å²) in [5, 5.41) is 3.89. The lowest BCUT2D eigenvalue weighted by atomic mass is 9.95. The third kappa shape index (κ3) is 3.93. The summed E-state index contributed by atoms with van der Waals surface area (Å²) in [6.07, 6.45) is 10.7. The third-order valence-electron chi connectivity index (χ3n) is 4.70. The van der Waals surface area contributed by atoms with Crippen molar-refractivity contribution in [3.05, 3.63) is 28.7 Å². The van der Waals surface area contributed by atoms with Gasteiger partial charge in [-0.2, -0.15) is 4.98 Å². The molecule has 6 nitrogen and oxygen atoms in total. The molecule has 0 atom stereocenters. The number of nitrogens with one attached hydrogen (secondary N) is 1. The Hall–Kier alpha value is -1.95. The highest BCUT2D eigenvalue weighted by Gasteiger charge is 2.17. The van der Waals surface area contributed by atoms with E-state index in [-0.39, 0.29) is 5.43 Å². The molecular weight excluding hydrogens is 302 g/mol. The minimum Gasteiger partial charge on any atom is -0.354 e. The van der Waals surface area contributed by atoms with Crippen LogP contribution < -0.4 is 10.7 Å². The lowest BCUT2D eigenvalue weighted by Crippen LogP contribution is -2.19. The lowest BCUT2D eigenvalue weighted by Gasteiger charge is -2.25. The van der Waals surface area contributed by atoms with Crippen molar-refractivity contribution in [2.75, 3.05) is 32.5 Å². The third-order valence-corrected chi connectivity index (χ3v) is 4.70. The van der Waals surface area contributed by atoms with E-state index in [0.29, 0.717) is 17.4 Å². The van der Waals surface area contributed by atoms with Gasteiger partial charge >= 0.3 is 0 Å². The van der Waals surface area contributed by atoms with Gasteiger partial charge in [-0.15, -0.1) is 0 Å². The summed E-state index contributed by atoms with van der Waals surface area (Å²) in [5.41, 5.74) is 0.760. The van der Waals surface area contributed by atoms with Crippen LogP contribution in [0.5, 0.6) is 0 Å². The van der Waals surface area contributed by atoms with E-state index in [1.54, 1.807) is 12.3 Å². The molecule has 1 fully saturated rings. The van der Waals surface area contributed by atoms with Gasteiger partial charge in [-0.1, -0.05) is 19.3 Å². The van der Waals surface area contributed by atoms with Crippen LogP contribution in [-0.4, -0.2) is 46.6 Å². The second-order valence-electron chi connectivity index (χ2n) is 6.89. The molecule has 1 aliphatic rings. The van der Waals surface area contributed by atoms with E-state index in [0.717, 1.165) is 38.0 Å². The first kappa shape index (κ1) is 16.9. The Morgan fingerprint density at radius 1 is 1.29 bits per heavy atom. The largest absolute Gasteiger partial charge is 0.354 e. The highest BCUT2D eigenvalue weighted by atomic mass is 16.1. The average molecular weight is 329 g/mol. The molecule has 0 aliphatic heterocycles. The van der Waals surface area contributed by atoms with Crippen LogP contribution >= 0.6 is 0 Å². The van der Waals surface area contributed by atoms with Crippen molar-refractivity contribution in [3.8, 4) is 0 Å². The highest BCUT2D eigenvalue weighted by Crippen LogP contribution is 2.29. The molecular formula is C18H27N5O. The van der Waals surface area contributed by atoms with Crippen molar-refractivity contribution in [1.29, 1.82) is 0 Å². The number of rotatable bonds is 6. The summed E-state index contributed by atoms with van der Waals surface area (Å²) in [4.78, 5) is 23.3. The van der Waals surface area contributed by atoms with Crippen LogP contribution in [0.1, 0.15) is 44.6 Å². The van der Waals surface area contributed by atoms with Gasteiger partial charge in [0, 0.05) is 31.0 Å². The molecule has 2 heterocycles. The van der Waals surface area contributed by atoms with Crippen LogP contribution in [0.15, 0.2) is 23.3 Å². The Kier molecular flexibility index (Phi) is 5.45. The van der Waals surface area contributed by atoms with E-state index >= 15 is 0 Å². The summed E-state index contributed by atoms with van der Waals surface area (Å²) in [5.74, 6) is 0.608. The predicted octanol–water partition coefficient (Wildman–Crippen LogP) is 2.66. The quantitative estimate of drug-likeness (QED) is 0.826. The van der Waals surface area contributed by atoms with E-state index in [1.165, 1.54) is 19.3 Å². The fourth-order valence-electron chi connectivity index (χ4n) is 3.39. The van der Waals surface area contributed by atoms with E-state index in [1.807, 2.05) is 6.20 Å². The summed E-state index contributed by atoms with van der Waals surface area (Å²) in [6.45, 7) is 1.84. The first-order valence-corrected chi connectivity index (χ1v) is 8.91. The zero-order valence-corrected chi connectivity index (χ0v) is 14.7. The van der Waals surface area contributed by atoms with E-state index < -0.39 is 0 Å². The summed E-state index contributed by atoms with van der Waals surface area (Å²) in [6, 6.07) is 2.09. The van der Waals surface area contributed by atoms with Gasteiger partial charge in [-0.05, 0) is 39.9 Å². The number of pyridine rings is 1. The molecule has 3 rings (SSSR count). The summed E-state index contributed by atoms with van der Waals surface area (Å²) in [7, 11) is 4.13. The van der Waals surface area contributed by atoms with Gasteiger partial charge in [-0.3, -0.25) is 4.79 Å². The molecule has 0 saturated heterocycles. The molecule has 0 aromatic carbocycles. The van der Waals surface area contributed by atoms with Crippen molar-refractivity contribution in [2.24, 2.45) is 0 Å². The number of fused-ring (bicyclic) bond motifs is 1. The Morgan fingerprint density at radius 2 is 2.08 bits per heavy atom. The van der Waals surface area contributed by atoms with Crippen molar-refractivity contribution in [1.82, 2.24) is 19.4 Å². The maximum atomic E-state index is 12.1. The fourth-order valence-corrected chi connectivity index (χ4v) is 3.39. The van der Waals surface area contributed by atoms with Crippen molar-refractivity contribution >= 4 is 17.0 Å². The number of nitrogens with zero attached hydrogens (tertiary/aromatic N) is 4. The molecule has 0 amide bonds. The maximum absolute atomic E-state index is 12.1. The topological polar surface area (TPSA) is 63.1 Å². The van der Waals surface area contributed by atoms with Gasteiger partial charge in [0.2, 0.25) is 5.95 Å². The zero-order valence-electron chi connectivity index (χ0n) is 14.7. The van der Waals surface area contributed by atoms with Crippen molar-refractivity contribution in [3.63, 3.8) is 0 Å². The maximum Gasteiger partial charge on any atom is 0.224 e. The Morgan fingerprint density at radius 3 is 2.83 bits per heavy atom. The molecule has 2 aromatic rings. The van der Waals surface area contributed by atoms with Crippen LogP contribution in [0, 0.1) is 0 Å². The van der Waals surface area contributed by atoms with E-state index in [4.69, 9.17) is 0 Å². The normalized spacial score (nSPS) is 16.0. The highest BCUT2D eigenvalue weighted by molar-refractivity contribution is 5.75. The van der Waals surface area contributed by atoms with Gasteiger partial charge < -0.3 is 14.8 Å². The minimum absolute atomic E-state index is 0.00350. The molecule has 1 aliphatic carbocycles. The minimum atomic E-state index is -0.00350. The van der Waals surface area contributed by atoms with Crippen LogP contribution in [0.3, 0.4) is 0 Å². The molecule has 1 N–H and O–H groups in total. The standard InChI is InChI=1S/C18H27N5O/c1-22(2)11-6-10-19-18-20-13-15-16(24)9-12-23(17(15)21-18)14-7-4-3-5-8-14/h9,12-14H,3-8,10-11H2,1-2H3,(H,19,20,21). The number of anilines is 1. The zero-order chi connectivity index (χ0) is 16.9. The molecule has 0 spiro atoms. The van der Waals surface area contributed by atoms with Crippen LogP contribution in [0.25, 0.3) is 11.0 Å². The smallest absolute Gasteiger partial charge is 0.224 e. The molecule has 0 unspecified atom stereocenters. The van der Waals surface area contributed by atoms with Gasteiger partial charge in [0.15, 0.2) is 5.43 Å². The number of hydrogen-bond acceptors (Lipinski definition) is 5. The van der Waals surface area contributed by atoms with E-state index in [9.17, 15) is 4.79 Å². The monoisotopic (exact) mass is 329 g/mol. The fraction of sp³-hybridized carbons (Fsp3) is 0.611. The summed E-state index contributed by atoms with van der Waals surface area (Å²) >= 11 is 0. The van der Waals surface area contributed by atoms with Gasteiger partial charge in [0.05, 0.1) is 5.39 Å². The van der Waals surface area contributed by atoms with Gasteiger partial charge in [0.1, 0.15) is 5.65 Å². The predicted molar refractivity (Wildman–Crippen MR) is 97.6 cm³/mol. The van der Waals surface area contributed by atoms with E-state index in [2.05, 4.69) is 38.8 Å². The lowest BCUT2D eigenvalue weighted by molar-refractivity contribution is 0.358. The Bertz CT molecular complexity index is 734.